The van der Waals surface area contributed by atoms with Gasteiger partial charge in [-0.3, -0.25) is 9.35 Å². The van der Waals surface area contributed by atoms with Crippen molar-refractivity contribution in [1.29, 1.82) is 0 Å². The third-order valence-electron chi connectivity index (χ3n) is 2.15. The summed E-state index contributed by atoms with van der Waals surface area (Å²) in [5.41, 5.74) is 0.722. The fourth-order valence-corrected chi connectivity index (χ4v) is 2.54. The molecule has 16 heavy (non-hydrogen) atoms. The molecule has 1 aromatic heterocycles. The van der Waals surface area contributed by atoms with Crippen molar-refractivity contribution in [3.63, 3.8) is 0 Å². The van der Waals surface area contributed by atoms with Gasteiger partial charge < -0.3 is 0 Å². The van der Waals surface area contributed by atoms with Gasteiger partial charge in [0.25, 0.3) is 10.1 Å². The summed E-state index contributed by atoms with van der Waals surface area (Å²) in [7, 11) is -3.85. The zero-order chi connectivity index (χ0) is 12.0. The van der Waals surface area contributed by atoms with Gasteiger partial charge in [-0.1, -0.05) is 6.42 Å². The Morgan fingerprint density at radius 2 is 2.06 bits per heavy atom. The van der Waals surface area contributed by atoms with Gasteiger partial charge in [0.15, 0.2) is 5.78 Å². The number of carbonyl (C=O) groups excluding carboxylic acids is 1. The fraction of sp³-hybridized carbons (Fsp3) is 0.500. The van der Waals surface area contributed by atoms with E-state index in [2.05, 4.69) is 0 Å². The third-order valence-corrected chi connectivity index (χ3v) is 3.64. The van der Waals surface area contributed by atoms with Gasteiger partial charge in [-0.2, -0.15) is 19.8 Å². The summed E-state index contributed by atoms with van der Waals surface area (Å²) >= 11 is 1.48. The molecule has 1 N–H and O–H groups in total. The number of rotatable bonds is 7. The van der Waals surface area contributed by atoms with Crippen LogP contribution in [0.25, 0.3) is 0 Å². The van der Waals surface area contributed by atoms with E-state index in [0.29, 0.717) is 25.7 Å². The molecule has 90 valence electrons. The highest BCUT2D eigenvalue weighted by molar-refractivity contribution is 7.85. The molecule has 1 aromatic rings. The van der Waals surface area contributed by atoms with Crippen molar-refractivity contribution in [1.82, 2.24) is 0 Å². The van der Waals surface area contributed by atoms with Gasteiger partial charge in [-0.05, 0) is 24.3 Å². The maximum atomic E-state index is 11.5. The molecule has 0 saturated carbocycles. The van der Waals surface area contributed by atoms with Gasteiger partial charge in [-0.25, -0.2) is 0 Å². The maximum absolute atomic E-state index is 11.5. The van der Waals surface area contributed by atoms with Crippen LogP contribution in [0.5, 0.6) is 0 Å². The number of thiophene rings is 1. The summed E-state index contributed by atoms with van der Waals surface area (Å²) in [6.45, 7) is 0. The molecular formula is C10H14O4S2. The maximum Gasteiger partial charge on any atom is 0.264 e. The zero-order valence-corrected chi connectivity index (χ0v) is 10.4. The van der Waals surface area contributed by atoms with Crippen LogP contribution in [0.3, 0.4) is 0 Å². The van der Waals surface area contributed by atoms with E-state index < -0.39 is 10.1 Å². The lowest BCUT2D eigenvalue weighted by atomic mass is 10.1. The number of carbonyl (C=O) groups is 1. The van der Waals surface area contributed by atoms with E-state index in [1.165, 1.54) is 11.3 Å². The van der Waals surface area contributed by atoms with Crippen molar-refractivity contribution in [3.8, 4) is 0 Å². The predicted octanol–water partition coefficient (Wildman–Crippen LogP) is 2.38. The minimum absolute atomic E-state index is 0.0908. The van der Waals surface area contributed by atoms with Gasteiger partial charge >= 0.3 is 0 Å². The van der Waals surface area contributed by atoms with Crippen LogP contribution >= 0.6 is 11.3 Å². The smallest absolute Gasteiger partial charge is 0.264 e. The lowest BCUT2D eigenvalue weighted by Gasteiger charge is -1.99. The number of hydrogen-bond acceptors (Lipinski definition) is 4. The van der Waals surface area contributed by atoms with Crippen LogP contribution in [0.1, 0.15) is 36.0 Å². The molecular weight excluding hydrogens is 248 g/mol. The second kappa shape index (κ2) is 6.12. The first kappa shape index (κ1) is 13.3. The SMILES string of the molecule is O=C(CCCCCS(=O)(=O)O)c1ccsc1. The Labute approximate surface area is 99.1 Å². The summed E-state index contributed by atoms with van der Waals surface area (Å²) < 4.78 is 29.3. The largest absolute Gasteiger partial charge is 0.294 e. The highest BCUT2D eigenvalue weighted by Gasteiger charge is 2.07. The Balaban J connectivity index is 2.15. The van der Waals surface area contributed by atoms with E-state index in [4.69, 9.17) is 4.55 Å². The van der Waals surface area contributed by atoms with Crippen LogP contribution in [0, 0.1) is 0 Å². The Kier molecular flexibility index (Phi) is 5.11. The standard InChI is InChI=1S/C10H14O4S2/c11-10(9-5-6-15-8-9)4-2-1-3-7-16(12,13)14/h5-6,8H,1-4,7H2,(H,12,13,14). The molecule has 1 rings (SSSR count). The second-order valence-corrected chi connectivity index (χ2v) is 5.88. The monoisotopic (exact) mass is 262 g/mol. The molecule has 0 bridgehead atoms. The third kappa shape index (κ3) is 5.39. The molecule has 6 heteroatoms. The van der Waals surface area contributed by atoms with Crippen LogP contribution in [-0.2, 0) is 10.1 Å². The normalized spacial score (nSPS) is 11.6. The quantitative estimate of drug-likeness (QED) is 0.465. The average molecular weight is 262 g/mol. The van der Waals surface area contributed by atoms with Crippen LogP contribution in [0.15, 0.2) is 16.8 Å². The number of unbranched alkanes of at least 4 members (excludes halogenated alkanes) is 2. The van der Waals surface area contributed by atoms with Crippen LogP contribution in [0.4, 0.5) is 0 Å². The molecule has 0 atom stereocenters. The van der Waals surface area contributed by atoms with E-state index >= 15 is 0 Å². The van der Waals surface area contributed by atoms with Crippen molar-refractivity contribution in [2.24, 2.45) is 0 Å². The summed E-state index contributed by atoms with van der Waals surface area (Å²) in [6.07, 6.45) is 2.12. The summed E-state index contributed by atoms with van der Waals surface area (Å²) in [5, 5.41) is 3.66. The first-order chi connectivity index (χ1) is 7.49. The van der Waals surface area contributed by atoms with Crippen molar-refractivity contribution < 1.29 is 17.8 Å². The van der Waals surface area contributed by atoms with E-state index in [9.17, 15) is 13.2 Å². The molecule has 0 aliphatic carbocycles. The molecule has 0 aliphatic rings. The number of hydrogen-bond donors (Lipinski definition) is 1. The van der Waals surface area contributed by atoms with E-state index in [-0.39, 0.29) is 11.5 Å². The van der Waals surface area contributed by atoms with Crippen molar-refractivity contribution >= 4 is 27.2 Å². The molecule has 0 radical (unpaired) electrons. The fourth-order valence-electron chi connectivity index (χ4n) is 1.31. The first-order valence-corrected chi connectivity index (χ1v) is 7.55. The Hall–Kier alpha value is -0.720. The van der Waals surface area contributed by atoms with Gasteiger partial charge in [0, 0.05) is 17.4 Å². The van der Waals surface area contributed by atoms with Crippen molar-refractivity contribution in [3.05, 3.63) is 22.4 Å². The Bertz CT molecular complexity index is 420. The summed E-state index contributed by atoms with van der Waals surface area (Å²) in [4.78, 5) is 11.5. The lowest BCUT2D eigenvalue weighted by Crippen LogP contribution is -2.04. The Morgan fingerprint density at radius 1 is 1.31 bits per heavy atom. The minimum Gasteiger partial charge on any atom is -0.294 e. The van der Waals surface area contributed by atoms with Crippen LogP contribution in [0.2, 0.25) is 0 Å². The molecule has 1 heterocycles. The summed E-state index contributed by atoms with van der Waals surface area (Å²) in [5.74, 6) is -0.132. The topological polar surface area (TPSA) is 71.4 Å². The van der Waals surface area contributed by atoms with Gasteiger partial charge in [0.2, 0.25) is 0 Å². The lowest BCUT2D eigenvalue weighted by molar-refractivity contribution is 0.0980. The molecule has 0 amide bonds. The second-order valence-electron chi connectivity index (χ2n) is 3.53. The zero-order valence-electron chi connectivity index (χ0n) is 8.76. The first-order valence-electron chi connectivity index (χ1n) is 4.99. The number of Topliss-reactive ketones (excluding diaryl/α,β-unsaturated/α-hetero) is 1. The molecule has 0 saturated heterocycles. The molecule has 0 spiro atoms. The van der Waals surface area contributed by atoms with E-state index in [0.717, 1.165) is 5.56 Å². The predicted molar refractivity (Wildman–Crippen MR) is 63.5 cm³/mol. The van der Waals surface area contributed by atoms with Gasteiger partial charge in [-0.15, -0.1) is 0 Å². The van der Waals surface area contributed by atoms with Gasteiger partial charge in [0.05, 0.1) is 5.75 Å². The number of ketones is 1. The highest BCUT2D eigenvalue weighted by Crippen LogP contribution is 2.11. The molecule has 0 aliphatic heterocycles. The minimum atomic E-state index is -3.85. The van der Waals surface area contributed by atoms with E-state index in [1.54, 1.807) is 11.4 Å². The average Bonchev–Trinajstić information content (AvgIpc) is 2.67. The molecule has 0 aromatic carbocycles. The molecule has 4 nitrogen and oxygen atoms in total. The van der Waals surface area contributed by atoms with Crippen molar-refractivity contribution in [2.75, 3.05) is 5.75 Å². The van der Waals surface area contributed by atoms with Crippen molar-refractivity contribution in [2.45, 2.75) is 25.7 Å². The summed E-state index contributed by atoms with van der Waals surface area (Å²) in [6, 6.07) is 1.78. The molecule has 0 unspecified atom stereocenters. The van der Waals surface area contributed by atoms with Gasteiger partial charge in [0.1, 0.15) is 0 Å². The Morgan fingerprint density at radius 3 is 2.62 bits per heavy atom. The molecule has 0 fully saturated rings. The van der Waals surface area contributed by atoms with E-state index in [1.807, 2.05) is 5.38 Å². The highest BCUT2D eigenvalue weighted by atomic mass is 32.2. The van der Waals surface area contributed by atoms with Crippen LogP contribution < -0.4 is 0 Å². The van der Waals surface area contributed by atoms with Crippen LogP contribution in [-0.4, -0.2) is 24.5 Å².